The van der Waals surface area contributed by atoms with Crippen LogP contribution in [-0.4, -0.2) is 27.7 Å². The molecule has 0 N–H and O–H groups in total. The van der Waals surface area contributed by atoms with Crippen LogP contribution in [0.15, 0.2) is 22.8 Å². The van der Waals surface area contributed by atoms with E-state index in [1.807, 2.05) is 26.0 Å². The van der Waals surface area contributed by atoms with Crippen LogP contribution in [0.25, 0.3) is 5.65 Å². The van der Waals surface area contributed by atoms with Crippen LogP contribution >= 0.6 is 15.9 Å². The lowest BCUT2D eigenvalue weighted by molar-refractivity contribution is -0.143. The van der Waals surface area contributed by atoms with Crippen LogP contribution < -0.4 is 0 Å². The summed E-state index contributed by atoms with van der Waals surface area (Å²) in [6, 6.07) is 3.72. The van der Waals surface area contributed by atoms with Gasteiger partial charge in [0.1, 0.15) is 5.92 Å². The maximum atomic E-state index is 11.8. The molecule has 2 aromatic rings. The Kier molecular flexibility index (Phi) is 3.65. The number of ether oxygens (including phenoxy) is 1. The van der Waals surface area contributed by atoms with Crippen molar-refractivity contribution in [2.45, 2.75) is 19.8 Å². The Balaban J connectivity index is 2.48. The standard InChI is InChI=1S/C12H14BrN3O2/c1-7(2)10(12(17)18-3)11-14-9-6-8(13)4-5-16(9)15-11/h4-7,10H,1-3H3. The molecule has 18 heavy (non-hydrogen) atoms. The van der Waals surface area contributed by atoms with Crippen molar-refractivity contribution in [3.8, 4) is 0 Å². The Morgan fingerprint density at radius 1 is 1.50 bits per heavy atom. The monoisotopic (exact) mass is 311 g/mol. The van der Waals surface area contributed by atoms with E-state index < -0.39 is 5.92 Å². The van der Waals surface area contributed by atoms with Gasteiger partial charge < -0.3 is 4.74 Å². The van der Waals surface area contributed by atoms with Crippen molar-refractivity contribution in [3.63, 3.8) is 0 Å². The third-order valence-corrected chi connectivity index (χ3v) is 3.21. The molecular formula is C12H14BrN3O2. The molecule has 2 heterocycles. The molecule has 0 spiro atoms. The molecular weight excluding hydrogens is 298 g/mol. The summed E-state index contributed by atoms with van der Waals surface area (Å²) in [7, 11) is 1.38. The average Bonchev–Trinajstić information content (AvgIpc) is 2.70. The minimum atomic E-state index is -0.436. The first-order chi connectivity index (χ1) is 8.52. The molecule has 2 rings (SSSR count). The largest absolute Gasteiger partial charge is 0.468 e. The van der Waals surface area contributed by atoms with Gasteiger partial charge in [0.2, 0.25) is 0 Å². The number of fused-ring (bicyclic) bond motifs is 1. The molecule has 0 aliphatic carbocycles. The van der Waals surface area contributed by atoms with Gasteiger partial charge in [0, 0.05) is 10.7 Å². The van der Waals surface area contributed by atoms with Gasteiger partial charge in [0.05, 0.1) is 7.11 Å². The van der Waals surface area contributed by atoms with Gasteiger partial charge in [0.25, 0.3) is 0 Å². The summed E-state index contributed by atoms with van der Waals surface area (Å²) < 4.78 is 7.39. The molecule has 0 amide bonds. The molecule has 0 fully saturated rings. The summed E-state index contributed by atoms with van der Waals surface area (Å²) in [5.74, 6) is -0.165. The molecule has 96 valence electrons. The van der Waals surface area contributed by atoms with Crippen molar-refractivity contribution in [1.29, 1.82) is 0 Å². The van der Waals surface area contributed by atoms with Crippen molar-refractivity contribution >= 4 is 27.5 Å². The number of carbonyl (C=O) groups is 1. The molecule has 0 saturated heterocycles. The average molecular weight is 312 g/mol. The van der Waals surface area contributed by atoms with Gasteiger partial charge in [-0.25, -0.2) is 9.50 Å². The van der Waals surface area contributed by atoms with Gasteiger partial charge in [0.15, 0.2) is 11.5 Å². The van der Waals surface area contributed by atoms with E-state index >= 15 is 0 Å². The molecule has 6 heteroatoms. The van der Waals surface area contributed by atoms with E-state index in [1.54, 1.807) is 10.7 Å². The third-order valence-electron chi connectivity index (χ3n) is 2.72. The summed E-state index contributed by atoms with van der Waals surface area (Å²) in [5, 5.41) is 4.33. The molecule has 0 aliphatic rings. The third kappa shape index (κ3) is 2.38. The lowest BCUT2D eigenvalue weighted by Crippen LogP contribution is -2.21. The number of aromatic nitrogens is 3. The van der Waals surface area contributed by atoms with Gasteiger partial charge in [-0.1, -0.05) is 29.8 Å². The molecule has 0 aliphatic heterocycles. The first-order valence-corrected chi connectivity index (χ1v) is 6.42. The predicted octanol–water partition coefficient (Wildman–Crippen LogP) is 2.40. The van der Waals surface area contributed by atoms with Crippen molar-refractivity contribution in [1.82, 2.24) is 14.6 Å². The van der Waals surface area contributed by atoms with Gasteiger partial charge in [-0.05, 0) is 18.1 Å². The summed E-state index contributed by atoms with van der Waals surface area (Å²) in [5.41, 5.74) is 0.703. The van der Waals surface area contributed by atoms with E-state index in [2.05, 4.69) is 26.0 Å². The first-order valence-electron chi connectivity index (χ1n) is 5.62. The van der Waals surface area contributed by atoms with E-state index in [9.17, 15) is 4.79 Å². The Hall–Kier alpha value is -1.43. The van der Waals surface area contributed by atoms with Crippen LogP contribution in [0.2, 0.25) is 0 Å². The number of halogens is 1. The molecule has 1 unspecified atom stereocenters. The van der Waals surface area contributed by atoms with Gasteiger partial charge in [-0.3, -0.25) is 4.79 Å². The minimum absolute atomic E-state index is 0.0818. The summed E-state index contributed by atoms with van der Waals surface area (Å²) in [4.78, 5) is 16.2. The maximum Gasteiger partial charge on any atom is 0.316 e. The van der Waals surface area contributed by atoms with Crippen LogP contribution in [0.1, 0.15) is 25.6 Å². The Labute approximate surface area is 113 Å². The molecule has 0 saturated carbocycles. The van der Waals surface area contributed by atoms with Crippen molar-refractivity contribution in [2.24, 2.45) is 5.92 Å². The van der Waals surface area contributed by atoms with E-state index in [0.29, 0.717) is 11.5 Å². The van der Waals surface area contributed by atoms with E-state index in [4.69, 9.17) is 4.74 Å². The fourth-order valence-corrected chi connectivity index (χ4v) is 2.13. The SMILES string of the molecule is COC(=O)C(c1nc2cc(Br)ccn2n1)C(C)C. The highest BCUT2D eigenvalue weighted by molar-refractivity contribution is 9.10. The second-order valence-electron chi connectivity index (χ2n) is 4.36. The van der Waals surface area contributed by atoms with Gasteiger partial charge >= 0.3 is 5.97 Å². The Morgan fingerprint density at radius 2 is 2.22 bits per heavy atom. The zero-order chi connectivity index (χ0) is 13.3. The number of methoxy groups -OCH3 is 1. The maximum absolute atomic E-state index is 11.8. The quantitative estimate of drug-likeness (QED) is 0.817. The topological polar surface area (TPSA) is 56.5 Å². The number of carbonyl (C=O) groups excluding carboxylic acids is 1. The highest BCUT2D eigenvalue weighted by atomic mass is 79.9. The minimum Gasteiger partial charge on any atom is -0.468 e. The van der Waals surface area contributed by atoms with Crippen LogP contribution in [0.5, 0.6) is 0 Å². The van der Waals surface area contributed by atoms with Gasteiger partial charge in [-0.15, -0.1) is 0 Å². The number of esters is 1. The Bertz CT molecular complexity index is 580. The van der Waals surface area contributed by atoms with Crippen LogP contribution in [-0.2, 0) is 9.53 Å². The summed E-state index contributed by atoms with van der Waals surface area (Å²) in [6.07, 6.45) is 1.80. The van der Waals surface area contributed by atoms with Crippen LogP contribution in [0.3, 0.4) is 0 Å². The van der Waals surface area contributed by atoms with Crippen LogP contribution in [0.4, 0.5) is 0 Å². The predicted molar refractivity (Wildman–Crippen MR) is 70.3 cm³/mol. The molecule has 0 radical (unpaired) electrons. The van der Waals surface area contributed by atoms with E-state index in [-0.39, 0.29) is 11.9 Å². The second-order valence-corrected chi connectivity index (χ2v) is 5.28. The highest BCUT2D eigenvalue weighted by Gasteiger charge is 2.29. The zero-order valence-electron chi connectivity index (χ0n) is 10.4. The molecule has 5 nitrogen and oxygen atoms in total. The van der Waals surface area contributed by atoms with E-state index in [1.165, 1.54) is 7.11 Å². The number of rotatable bonds is 3. The van der Waals surface area contributed by atoms with Crippen molar-refractivity contribution in [3.05, 3.63) is 28.6 Å². The molecule has 2 aromatic heterocycles. The number of pyridine rings is 1. The Morgan fingerprint density at radius 3 is 2.83 bits per heavy atom. The summed E-state index contributed by atoms with van der Waals surface area (Å²) in [6.45, 7) is 3.90. The molecule has 0 bridgehead atoms. The zero-order valence-corrected chi connectivity index (χ0v) is 12.0. The first kappa shape index (κ1) is 13.0. The number of nitrogens with zero attached hydrogens (tertiary/aromatic N) is 3. The molecule has 1 atom stereocenters. The van der Waals surface area contributed by atoms with Crippen molar-refractivity contribution < 1.29 is 9.53 Å². The second kappa shape index (κ2) is 5.06. The van der Waals surface area contributed by atoms with Gasteiger partial charge in [-0.2, -0.15) is 5.10 Å². The lowest BCUT2D eigenvalue weighted by Gasteiger charge is -2.14. The van der Waals surface area contributed by atoms with Crippen molar-refractivity contribution in [2.75, 3.05) is 7.11 Å². The highest BCUT2D eigenvalue weighted by Crippen LogP contribution is 2.24. The smallest absolute Gasteiger partial charge is 0.316 e. The van der Waals surface area contributed by atoms with E-state index in [0.717, 1.165) is 4.47 Å². The number of hydrogen-bond donors (Lipinski definition) is 0. The fraction of sp³-hybridized carbons (Fsp3) is 0.417. The fourth-order valence-electron chi connectivity index (χ4n) is 1.81. The summed E-state index contributed by atoms with van der Waals surface area (Å²) >= 11 is 3.38. The van der Waals surface area contributed by atoms with Crippen LogP contribution in [0, 0.1) is 5.92 Å². The molecule has 0 aromatic carbocycles. The normalized spacial score (nSPS) is 12.9. The lowest BCUT2D eigenvalue weighted by atomic mass is 9.95. The number of hydrogen-bond acceptors (Lipinski definition) is 4.